The van der Waals surface area contributed by atoms with Gasteiger partial charge in [0.2, 0.25) is 0 Å². The number of hydrogen-bond acceptors (Lipinski definition) is 6. The fourth-order valence-corrected chi connectivity index (χ4v) is 1.57. The minimum Gasteiger partial charge on any atom is -0.493 e. The molecule has 0 fully saturated rings. The van der Waals surface area contributed by atoms with E-state index in [0.29, 0.717) is 0 Å². The summed E-state index contributed by atoms with van der Waals surface area (Å²) < 4.78 is 14.6. The quantitative estimate of drug-likeness (QED) is 0.755. The van der Waals surface area contributed by atoms with Crippen LogP contribution in [0.4, 0.5) is 0 Å². The minimum absolute atomic E-state index is 0.0463. The molecule has 1 rings (SSSR count). The SMILES string of the molecule is COC(=O)c1cc(OC)c(OC)c(C(O)C(=O)O)c1. The van der Waals surface area contributed by atoms with Gasteiger partial charge in [-0.1, -0.05) is 0 Å². The molecule has 0 bridgehead atoms. The molecule has 0 saturated heterocycles. The normalized spacial score (nSPS) is 11.6. The van der Waals surface area contributed by atoms with Crippen LogP contribution in [0.25, 0.3) is 0 Å². The summed E-state index contributed by atoms with van der Waals surface area (Å²) in [7, 11) is 3.82. The van der Waals surface area contributed by atoms with Crippen molar-refractivity contribution in [2.24, 2.45) is 0 Å². The maximum Gasteiger partial charge on any atom is 0.337 e. The Hall–Kier alpha value is -2.28. The summed E-state index contributed by atoms with van der Waals surface area (Å²) in [4.78, 5) is 22.3. The van der Waals surface area contributed by atoms with Gasteiger partial charge in [0.05, 0.1) is 26.9 Å². The Bertz CT molecular complexity index is 495. The fourth-order valence-electron chi connectivity index (χ4n) is 1.57. The lowest BCUT2D eigenvalue weighted by molar-refractivity contribution is -0.147. The number of methoxy groups -OCH3 is 3. The summed E-state index contributed by atoms with van der Waals surface area (Å²) in [5.41, 5.74) is -0.0369. The van der Waals surface area contributed by atoms with Gasteiger partial charge in [0.25, 0.3) is 0 Å². The number of carbonyl (C=O) groups excluding carboxylic acids is 1. The Kier molecular flexibility index (Phi) is 4.71. The number of benzene rings is 1. The van der Waals surface area contributed by atoms with Gasteiger partial charge >= 0.3 is 11.9 Å². The first kappa shape index (κ1) is 14.8. The van der Waals surface area contributed by atoms with Crippen molar-refractivity contribution >= 4 is 11.9 Å². The number of aliphatic carboxylic acids is 1. The van der Waals surface area contributed by atoms with Crippen LogP contribution >= 0.6 is 0 Å². The predicted octanol–water partition coefficient (Wildman–Crippen LogP) is 0.608. The van der Waals surface area contributed by atoms with Crippen LogP contribution in [0.2, 0.25) is 0 Å². The fraction of sp³-hybridized carbons (Fsp3) is 0.333. The molecule has 0 aliphatic carbocycles. The first-order valence-corrected chi connectivity index (χ1v) is 5.21. The number of carbonyl (C=O) groups is 2. The monoisotopic (exact) mass is 270 g/mol. The summed E-state index contributed by atoms with van der Waals surface area (Å²) in [6.45, 7) is 0. The second kappa shape index (κ2) is 6.05. The van der Waals surface area contributed by atoms with Gasteiger partial charge in [-0.25, -0.2) is 9.59 Å². The number of esters is 1. The number of carboxylic acid groups (broad SMARTS) is 1. The van der Waals surface area contributed by atoms with Gasteiger partial charge in [-0.2, -0.15) is 0 Å². The van der Waals surface area contributed by atoms with Crippen molar-refractivity contribution in [3.63, 3.8) is 0 Å². The van der Waals surface area contributed by atoms with E-state index >= 15 is 0 Å². The van der Waals surface area contributed by atoms with E-state index in [1.807, 2.05) is 0 Å². The van der Waals surface area contributed by atoms with E-state index in [9.17, 15) is 14.7 Å². The lowest BCUT2D eigenvalue weighted by atomic mass is 10.0. The molecule has 104 valence electrons. The van der Waals surface area contributed by atoms with Crippen LogP contribution < -0.4 is 9.47 Å². The van der Waals surface area contributed by atoms with E-state index in [-0.39, 0.29) is 22.6 Å². The number of ether oxygens (including phenoxy) is 3. The largest absolute Gasteiger partial charge is 0.493 e. The maximum absolute atomic E-state index is 11.5. The predicted molar refractivity (Wildman–Crippen MR) is 63.5 cm³/mol. The van der Waals surface area contributed by atoms with Crippen LogP contribution in [-0.4, -0.2) is 43.5 Å². The van der Waals surface area contributed by atoms with Crippen LogP contribution in [0.3, 0.4) is 0 Å². The van der Waals surface area contributed by atoms with Gasteiger partial charge in [0.15, 0.2) is 17.6 Å². The van der Waals surface area contributed by atoms with Crippen LogP contribution in [0.15, 0.2) is 12.1 Å². The highest BCUT2D eigenvalue weighted by atomic mass is 16.5. The number of rotatable bonds is 5. The Morgan fingerprint density at radius 3 is 2.21 bits per heavy atom. The summed E-state index contributed by atoms with van der Waals surface area (Å²) in [5.74, 6) is -1.98. The molecule has 0 saturated carbocycles. The third-order valence-corrected chi connectivity index (χ3v) is 2.46. The van der Waals surface area contributed by atoms with E-state index in [4.69, 9.17) is 14.6 Å². The van der Waals surface area contributed by atoms with Crippen molar-refractivity contribution < 1.29 is 34.0 Å². The molecular weight excluding hydrogens is 256 g/mol. The van der Waals surface area contributed by atoms with Gasteiger partial charge in [-0.3, -0.25) is 0 Å². The maximum atomic E-state index is 11.5. The second-order valence-corrected chi connectivity index (χ2v) is 3.53. The molecule has 7 heteroatoms. The van der Waals surface area contributed by atoms with Gasteiger partial charge < -0.3 is 24.4 Å². The molecule has 0 aliphatic rings. The molecule has 0 radical (unpaired) electrons. The van der Waals surface area contributed by atoms with Gasteiger partial charge in [-0.15, -0.1) is 0 Å². The van der Waals surface area contributed by atoms with Crippen molar-refractivity contribution in [2.45, 2.75) is 6.10 Å². The highest BCUT2D eigenvalue weighted by Gasteiger charge is 2.25. The van der Waals surface area contributed by atoms with Crippen molar-refractivity contribution in [1.82, 2.24) is 0 Å². The first-order valence-electron chi connectivity index (χ1n) is 5.21. The topological polar surface area (TPSA) is 102 Å². The van der Waals surface area contributed by atoms with E-state index in [1.165, 1.54) is 33.5 Å². The van der Waals surface area contributed by atoms with Crippen molar-refractivity contribution in [2.75, 3.05) is 21.3 Å². The van der Waals surface area contributed by atoms with Crippen LogP contribution in [0.1, 0.15) is 22.0 Å². The molecular formula is C12H14O7. The molecule has 0 aromatic heterocycles. The Morgan fingerprint density at radius 2 is 1.79 bits per heavy atom. The van der Waals surface area contributed by atoms with Crippen LogP contribution in [-0.2, 0) is 9.53 Å². The lowest BCUT2D eigenvalue weighted by Crippen LogP contribution is -2.14. The standard InChI is InChI=1S/C12H14O7/c1-17-8-5-6(12(16)19-3)4-7(10(8)18-2)9(13)11(14)15/h4-5,9,13H,1-3H3,(H,14,15). The molecule has 1 unspecified atom stereocenters. The van der Waals surface area contributed by atoms with E-state index in [1.54, 1.807) is 0 Å². The molecule has 0 aliphatic heterocycles. The number of aliphatic hydroxyl groups is 1. The van der Waals surface area contributed by atoms with Gasteiger partial charge in [0.1, 0.15) is 0 Å². The highest BCUT2D eigenvalue weighted by molar-refractivity contribution is 5.91. The molecule has 19 heavy (non-hydrogen) atoms. The highest BCUT2D eigenvalue weighted by Crippen LogP contribution is 2.36. The zero-order valence-electron chi connectivity index (χ0n) is 10.7. The van der Waals surface area contributed by atoms with Crippen molar-refractivity contribution in [1.29, 1.82) is 0 Å². The summed E-state index contributed by atoms with van der Waals surface area (Å²) in [6.07, 6.45) is -1.84. The number of hydrogen-bond donors (Lipinski definition) is 2. The van der Waals surface area contributed by atoms with E-state index in [0.717, 1.165) is 0 Å². The lowest BCUT2D eigenvalue weighted by Gasteiger charge is -2.16. The second-order valence-electron chi connectivity index (χ2n) is 3.53. The van der Waals surface area contributed by atoms with Gasteiger partial charge in [-0.05, 0) is 12.1 Å². The van der Waals surface area contributed by atoms with Crippen molar-refractivity contribution in [3.8, 4) is 11.5 Å². The Morgan fingerprint density at radius 1 is 1.16 bits per heavy atom. The Balaban J connectivity index is 3.48. The molecule has 7 nitrogen and oxygen atoms in total. The molecule has 1 aromatic rings. The van der Waals surface area contributed by atoms with Crippen molar-refractivity contribution in [3.05, 3.63) is 23.3 Å². The summed E-state index contributed by atoms with van der Waals surface area (Å²) in [6, 6.07) is 2.52. The van der Waals surface area contributed by atoms with E-state index < -0.39 is 18.0 Å². The molecule has 1 atom stereocenters. The molecule has 1 aromatic carbocycles. The number of aliphatic hydroxyl groups excluding tert-OH is 1. The average molecular weight is 270 g/mol. The zero-order chi connectivity index (χ0) is 14.6. The summed E-state index contributed by atoms with van der Waals surface area (Å²) in [5, 5.41) is 18.5. The number of carboxylic acids is 1. The first-order chi connectivity index (χ1) is 8.96. The summed E-state index contributed by atoms with van der Waals surface area (Å²) >= 11 is 0. The van der Waals surface area contributed by atoms with E-state index in [2.05, 4.69) is 4.74 Å². The molecule has 0 heterocycles. The molecule has 0 amide bonds. The average Bonchev–Trinajstić information content (AvgIpc) is 2.43. The minimum atomic E-state index is -1.84. The molecule has 2 N–H and O–H groups in total. The van der Waals surface area contributed by atoms with Gasteiger partial charge in [0, 0.05) is 5.56 Å². The smallest absolute Gasteiger partial charge is 0.337 e. The van der Waals surface area contributed by atoms with Crippen LogP contribution in [0, 0.1) is 0 Å². The Labute approximate surface area is 109 Å². The van der Waals surface area contributed by atoms with Crippen LogP contribution in [0.5, 0.6) is 11.5 Å². The molecule has 0 spiro atoms. The third-order valence-electron chi connectivity index (χ3n) is 2.46. The third kappa shape index (κ3) is 2.94. The zero-order valence-corrected chi connectivity index (χ0v) is 10.7.